The molecule has 0 heterocycles. The molecule has 2 heteroatoms. The van der Waals surface area contributed by atoms with Gasteiger partial charge in [0.25, 0.3) is 0 Å². The van der Waals surface area contributed by atoms with Crippen LogP contribution in [0.25, 0.3) is 0 Å². The Morgan fingerprint density at radius 3 is 2.41 bits per heavy atom. The Bertz CT molecular complexity index is 292. The predicted molar refractivity (Wildman–Crippen MR) is 73.7 cm³/mol. The highest BCUT2D eigenvalue weighted by Crippen LogP contribution is 2.13. The van der Waals surface area contributed by atoms with Crippen LogP contribution in [-0.2, 0) is 6.42 Å². The number of hydrogen-bond donors (Lipinski definition) is 1. The fourth-order valence-corrected chi connectivity index (χ4v) is 1.76. The van der Waals surface area contributed by atoms with E-state index in [1.165, 1.54) is 18.4 Å². The van der Waals surface area contributed by atoms with Gasteiger partial charge in [-0.25, -0.2) is 0 Å². The minimum Gasteiger partial charge on any atom is -0.494 e. The minimum absolute atomic E-state index is 0.598. The van der Waals surface area contributed by atoms with Gasteiger partial charge < -0.3 is 10.1 Å². The molecule has 0 aliphatic carbocycles. The fraction of sp³-hybridized carbons (Fsp3) is 0.600. The Labute approximate surface area is 105 Å². The van der Waals surface area contributed by atoms with Gasteiger partial charge in [-0.05, 0) is 50.4 Å². The van der Waals surface area contributed by atoms with Crippen molar-refractivity contribution in [2.45, 2.75) is 46.1 Å². The highest BCUT2D eigenvalue weighted by molar-refractivity contribution is 5.27. The third kappa shape index (κ3) is 6.32. The van der Waals surface area contributed by atoms with Crippen molar-refractivity contribution >= 4 is 0 Å². The topological polar surface area (TPSA) is 21.3 Å². The van der Waals surface area contributed by atoms with E-state index in [4.69, 9.17) is 4.74 Å². The number of ether oxygens (including phenoxy) is 1. The molecule has 0 bridgehead atoms. The molecular weight excluding hydrogens is 210 g/mol. The molecule has 2 nitrogen and oxygen atoms in total. The van der Waals surface area contributed by atoms with E-state index in [1.807, 2.05) is 6.92 Å². The van der Waals surface area contributed by atoms with Crippen LogP contribution in [0.5, 0.6) is 5.75 Å². The van der Waals surface area contributed by atoms with Gasteiger partial charge >= 0.3 is 0 Å². The molecule has 0 fully saturated rings. The minimum atomic E-state index is 0.598. The lowest BCUT2D eigenvalue weighted by Gasteiger charge is -2.08. The van der Waals surface area contributed by atoms with Crippen LogP contribution in [0.2, 0.25) is 0 Å². The van der Waals surface area contributed by atoms with Crippen LogP contribution in [0.1, 0.15) is 39.2 Å². The maximum Gasteiger partial charge on any atom is 0.119 e. The van der Waals surface area contributed by atoms with Gasteiger partial charge in [-0.15, -0.1) is 0 Å². The highest BCUT2D eigenvalue weighted by Gasteiger charge is 1.96. The van der Waals surface area contributed by atoms with Crippen LogP contribution in [0, 0.1) is 0 Å². The Balaban J connectivity index is 2.18. The summed E-state index contributed by atoms with van der Waals surface area (Å²) in [5.41, 5.74) is 1.40. The van der Waals surface area contributed by atoms with Crippen molar-refractivity contribution < 1.29 is 4.74 Å². The van der Waals surface area contributed by atoms with E-state index in [0.29, 0.717) is 6.04 Å². The third-order valence-electron chi connectivity index (χ3n) is 2.68. The maximum absolute atomic E-state index is 5.42. The monoisotopic (exact) mass is 235 g/mol. The van der Waals surface area contributed by atoms with Gasteiger partial charge in [-0.3, -0.25) is 0 Å². The van der Waals surface area contributed by atoms with Crippen molar-refractivity contribution in [3.8, 4) is 5.75 Å². The summed E-state index contributed by atoms with van der Waals surface area (Å²) in [5.74, 6) is 0.970. The molecule has 0 saturated carbocycles. The maximum atomic E-state index is 5.42. The van der Waals surface area contributed by atoms with E-state index in [9.17, 15) is 0 Å². The first kappa shape index (κ1) is 14.0. The van der Waals surface area contributed by atoms with Gasteiger partial charge in [-0.1, -0.05) is 26.0 Å². The molecule has 1 aromatic rings. The Kier molecular flexibility index (Phi) is 6.71. The molecule has 0 spiro atoms. The smallest absolute Gasteiger partial charge is 0.119 e. The Hall–Kier alpha value is -1.02. The average molecular weight is 235 g/mol. The number of benzene rings is 1. The Morgan fingerprint density at radius 1 is 1.12 bits per heavy atom. The van der Waals surface area contributed by atoms with Crippen molar-refractivity contribution in [2.24, 2.45) is 0 Å². The largest absolute Gasteiger partial charge is 0.494 e. The summed E-state index contributed by atoms with van der Waals surface area (Å²) in [5, 5.41) is 3.44. The lowest BCUT2D eigenvalue weighted by molar-refractivity contribution is 0.340. The summed E-state index contributed by atoms with van der Waals surface area (Å²) in [4.78, 5) is 0. The van der Waals surface area contributed by atoms with Gasteiger partial charge in [0.1, 0.15) is 5.75 Å². The standard InChI is InChI=1S/C15H25NO/c1-4-17-15-10-8-14(9-11-15)7-5-6-12-16-13(2)3/h8-11,13,16H,4-7,12H2,1-3H3. The van der Waals surface area contributed by atoms with Crippen LogP contribution in [-0.4, -0.2) is 19.2 Å². The second-order valence-corrected chi connectivity index (χ2v) is 4.64. The van der Waals surface area contributed by atoms with Crippen molar-refractivity contribution in [3.63, 3.8) is 0 Å². The molecule has 0 amide bonds. The molecule has 0 aromatic heterocycles. The highest BCUT2D eigenvalue weighted by atomic mass is 16.5. The molecule has 1 rings (SSSR count). The molecule has 17 heavy (non-hydrogen) atoms. The van der Waals surface area contributed by atoms with E-state index in [0.717, 1.165) is 25.3 Å². The normalized spacial score (nSPS) is 10.8. The van der Waals surface area contributed by atoms with E-state index in [1.54, 1.807) is 0 Å². The zero-order valence-corrected chi connectivity index (χ0v) is 11.3. The van der Waals surface area contributed by atoms with E-state index >= 15 is 0 Å². The van der Waals surface area contributed by atoms with Crippen LogP contribution < -0.4 is 10.1 Å². The third-order valence-corrected chi connectivity index (χ3v) is 2.68. The van der Waals surface area contributed by atoms with Crippen molar-refractivity contribution in [1.29, 1.82) is 0 Å². The molecule has 0 radical (unpaired) electrons. The van der Waals surface area contributed by atoms with Gasteiger partial charge in [0, 0.05) is 6.04 Å². The van der Waals surface area contributed by atoms with E-state index in [2.05, 4.69) is 43.4 Å². The quantitative estimate of drug-likeness (QED) is 0.697. The number of nitrogens with one attached hydrogen (secondary N) is 1. The first-order valence-electron chi connectivity index (χ1n) is 6.67. The molecule has 0 aliphatic rings. The van der Waals surface area contributed by atoms with Crippen molar-refractivity contribution in [3.05, 3.63) is 29.8 Å². The number of rotatable bonds is 8. The molecule has 0 saturated heterocycles. The number of unbranched alkanes of at least 4 members (excludes halogenated alkanes) is 1. The fourth-order valence-electron chi connectivity index (χ4n) is 1.76. The summed E-state index contributed by atoms with van der Waals surface area (Å²) < 4.78 is 5.42. The van der Waals surface area contributed by atoms with Crippen molar-refractivity contribution in [2.75, 3.05) is 13.2 Å². The van der Waals surface area contributed by atoms with E-state index < -0.39 is 0 Å². The molecule has 96 valence electrons. The summed E-state index contributed by atoms with van der Waals surface area (Å²) >= 11 is 0. The van der Waals surface area contributed by atoms with Gasteiger partial charge in [-0.2, -0.15) is 0 Å². The predicted octanol–water partition coefficient (Wildman–Crippen LogP) is 3.41. The summed E-state index contributed by atoms with van der Waals surface area (Å²) in [7, 11) is 0. The van der Waals surface area contributed by atoms with Gasteiger partial charge in [0.2, 0.25) is 0 Å². The molecule has 1 aromatic carbocycles. The molecule has 0 unspecified atom stereocenters. The first-order chi connectivity index (χ1) is 8.22. The number of aryl methyl sites for hydroxylation is 1. The number of hydrogen-bond acceptors (Lipinski definition) is 2. The van der Waals surface area contributed by atoms with Gasteiger partial charge in [0.05, 0.1) is 6.61 Å². The van der Waals surface area contributed by atoms with Crippen LogP contribution in [0.15, 0.2) is 24.3 Å². The molecule has 0 atom stereocenters. The first-order valence-corrected chi connectivity index (χ1v) is 6.67. The van der Waals surface area contributed by atoms with Crippen LogP contribution in [0.3, 0.4) is 0 Å². The lowest BCUT2D eigenvalue weighted by atomic mass is 10.1. The second-order valence-electron chi connectivity index (χ2n) is 4.64. The van der Waals surface area contributed by atoms with Crippen molar-refractivity contribution in [1.82, 2.24) is 5.32 Å². The zero-order chi connectivity index (χ0) is 12.5. The molecular formula is C15H25NO. The summed E-state index contributed by atoms with van der Waals surface area (Å²) in [6.45, 7) is 8.24. The average Bonchev–Trinajstić information content (AvgIpc) is 2.31. The van der Waals surface area contributed by atoms with Crippen LogP contribution >= 0.6 is 0 Å². The molecule has 0 aliphatic heterocycles. The zero-order valence-electron chi connectivity index (χ0n) is 11.3. The lowest BCUT2D eigenvalue weighted by Crippen LogP contribution is -2.23. The summed E-state index contributed by atoms with van der Waals surface area (Å²) in [6, 6.07) is 9.05. The van der Waals surface area contributed by atoms with Gasteiger partial charge in [0.15, 0.2) is 0 Å². The molecule has 1 N–H and O–H groups in total. The second kappa shape index (κ2) is 8.13. The van der Waals surface area contributed by atoms with Crippen LogP contribution in [0.4, 0.5) is 0 Å². The summed E-state index contributed by atoms with van der Waals surface area (Å²) in [6.07, 6.45) is 3.64. The SMILES string of the molecule is CCOc1ccc(CCCCNC(C)C)cc1. The Morgan fingerprint density at radius 2 is 1.82 bits per heavy atom. The van der Waals surface area contributed by atoms with E-state index in [-0.39, 0.29) is 0 Å².